The van der Waals surface area contributed by atoms with Crippen LogP contribution in [0.5, 0.6) is 0 Å². The summed E-state index contributed by atoms with van der Waals surface area (Å²) in [4.78, 5) is 13.8. The number of rotatable bonds is 17. The van der Waals surface area contributed by atoms with Gasteiger partial charge in [0, 0.05) is 23.1 Å². The Labute approximate surface area is 292 Å². The molecule has 21 heteroatoms. The van der Waals surface area contributed by atoms with Gasteiger partial charge in [0.15, 0.2) is 12.6 Å². The minimum absolute atomic E-state index is 0. The van der Waals surface area contributed by atoms with Crippen molar-refractivity contribution < 1.29 is 103 Å². The SMILES string of the molecule is CCCO[C@H]1O[C@H](CO)[C@@H](O)[C@H](O)[C@@H]1O[C@H]1O[C@H](COP(=O)(O)OCCN=C([O-])[C@@H](N)CSSC(C)(C)C)[C@@H](O)[C@H](O)[C@@H]1O.[Na+]. The molecule has 2 fully saturated rings. The number of aliphatic hydroxyl groups excluding tert-OH is 6. The van der Waals surface area contributed by atoms with Crippen molar-refractivity contribution in [2.75, 3.05) is 38.7 Å². The van der Waals surface area contributed by atoms with Crippen molar-refractivity contribution in [1.29, 1.82) is 0 Å². The van der Waals surface area contributed by atoms with E-state index in [0.29, 0.717) is 12.2 Å². The molecule has 0 radical (unpaired) electrons. The van der Waals surface area contributed by atoms with Gasteiger partial charge in [0.05, 0.1) is 26.4 Å². The summed E-state index contributed by atoms with van der Waals surface area (Å²) in [5.41, 5.74) is 5.82. The van der Waals surface area contributed by atoms with E-state index in [1.165, 1.54) is 10.8 Å². The van der Waals surface area contributed by atoms with Gasteiger partial charge in [-0.25, -0.2) is 4.57 Å². The monoisotopic (exact) mass is 720 g/mol. The quantitative estimate of drug-likeness (QED) is 0.0174. The van der Waals surface area contributed by atoms with Crippen LogP contribution >= 0.6 is 29.4 Å². The molecular weight excluding hydrogens is 674 g/mol. The summed E-state index contributed by atoms with van der Waals surface area (Å²) < 4.78 is 44.1. The molecule has 2 saturated heterocycles. The van der Waals surface area contributed by atoms with E-state index < -0.39 is 101 Å². The molecule has 0 saturated carbocycles. The van der Waals surface area contributed by atoms with Gasteiger partial charge in [-0.05, 0) is 12.3 Å². The first-order chi connectivity index (χ1) is 20.5. The minimum atomic E-state index is -4.77. The van der Waals surface area contributed by atoms with Crippen LogP contribution in [0.15, 0.2) is 4.99 Å². The number of hydrogen-bond donors (Lipinski definition) is 8. The Hall–Kier alpha value is 0.840. The summed E-state index contributed by atoms with van der Waals surface area (Å²) in [5, 5.41) is 73.6. The van der Waals surface area contributed by atoms with Crippen molar-refractivity contribution in [3.63, 3.8) is 0 Å². The maximum absolute atomic E-state index is 12.4. The molecular formula is C24H46N2NaO15PS2. The van der Waals surface area contributed by atoms with E-state index in [-0.39, 0.29) is 47.5 Å². The van der Waals surface area contributed by atoms with Crippen molar-refractivity contribution in [1.82, 2.24) is 0 Å². The van der Waals surface area contributed by atoms with E-state index in [1.54, 1.807) is 17.7 Å². The van der Waals surface area contributed by atoms with Crippen molar-refractivity contribution in [2.45, 2.75) is 106 Å². The summed E-state index contributed by atoms with van der Waals surface area (Å²) in [6.45, 7) is 5.78. The zero-order chi connectivity index (χ0) is 33.2. The Bertz CT molecular complexity index is 941. The molecule has 2 aliphatic rings. The maximum Gasteiger partial charge on any atom is 1.00 e. The molecule has 0 amide bonds. The number of phosphoric ester groups is 1. The molecule has 1 unspecified atom stereocenters. The topological polar surface area (TPSA) is 276 Å². The third-order valence-electron chi connectivity index (χ3n) is 6.16. The average Bonchev–Trinajstić information content (AvgIpc) is 2.95. The van der Waals surface area contributed by atoms with Gasteiger partial charge in [-0.3, -0.25) is 9.05 Å². The van der Waals surface area contributed by atoms with Crippen LogP contribution in [-0.4, -0.2) is 152 Å². The number of nitrogens with zero attached hydrogens (tertiary/aromatic N) is 1. The van der Waals surface area contributed by atoms with Gasteiger partial charge in [-0.15, -0.1) is 0 Å². The van der Waals surface area contributed by atoms with Crippen LogP contribution in [0.25, 0.3) is 0 Å². The van der Waals surface area contributed by atoms with E-state index in [2.05, 4.69) is 4.99 Å². The molecule has 0 aliphatic carbocycles. The van der Waals surface area contributed by atoms with Gasteiger partial charge in [0.1, 0.15) is 48.8 Å². The van der Waals surface area contributed by atoms with Gasteiger partial charge in [0.25, 0.3) is 0 Å². The molecule has 17 nitrogen and oxygen atoms in total. The normalized spacial score (nSPS) is 35.0. The molecule has 45 heavy (non-hydrogen) atoms. The summed E-state index contributed by atoms with van der Waals surface area (Å²) >= 11 is 0. The fourth-order valence-electron chi connectivity index (χ4n) is 3.88. The van der Waals surface area contributed by atoms with Crippen molar-refractivity contribution in [3.05, 3.63) is 0 Å². The van der Waals surface area contributed by atoms with Crippen molar-refractivity contribution in [2.24, 2.45) is 10.7 Å². The van der Waals surface area contributed by atoms with Crippen molar-refractivity contribution >= 4 is 35.3 Å². The predicted molar refractivity (Wildman–Crippen MR) is 157 cm³/mol. The second-order valence-corrected chi connectivity index (χ2v) is 15.7. The maximum atomic E-state index is 12.4. The molecule has 2 heterocycles. The molecule has 2 aliphatic heterocycles. The summed E-state index contributed by atoms with van der Waals surface area (Å²) in [6.07, 6.45) is -15.6. The molecule has 9 N–H and O–H groups in total. The minimum Gasteiger partial charge on any atom is -0.861 e. The van der Waals surface area contributed by atoms with Gasteiger partial charge in [0.2, 0.25) is 0 Å². The van der Waals surface area contributed by atoms with E-state index in [4.69, 9.17) is 33.7 Å². The zero-order valence-electron chi connectivity index (χ0n) is 26.0. The van der Waals surface area contributed by atoms with Crippen LogP contribution in [0, 0.1) is 0 Å². The standard InChI is InChI=1S/C24H47N2O15PS2.Na/c1-5-7-36-23-20(18(31)15(28)13(9-27)39-23)41-22-19(32)17(30)16(29)14(40-22)10-38-42(34,35)37-8-6-26-21(33)12(25)11-43-44-24(2,3)4;/h12-20,22-23,27-32H,5-11,25H2,1-4H3,(H,26,33)(H,34,35);/q;+1/p-1/t12-,13+,14+,15+,16+,17-,18-,19-,20-,22+,23-;/m0./s1. The van der Waals surface area contributed by atoms with Crippen molar-refractivity contribution in [3.8, 4) is 0 Å². The number of aliphatic imine (C=N–C) groups is 1. The molecule has 0 bridgehead atoms. The van der Waals surface area contributed by atoms with E-state index in [0.717, 1.165) is 0 Å². The Balaban J connectivity index is 0.0000101. The first-order valence-corrected chi connectivity index (χ1v) is 17.8. The van der Waals surface area contributed by atoms with Gasteiger partial charge < -0.3 is 70.3 Å². The molecule has 0 aromatic heterocycles. The van der Waals surface area contributed by atoms with Crippen LogP contribution in [0.4, 0.5) is 0 Å². The Kier molecular flexibility index (Phi) is 20.0. The van der Waals surface area contributed by atoms with Crippen LogP contribution < -0.4 is 40.4 Å². The largest absolute Gasteiger partial charge is 1.00 e. The fourth-order valence-corrected chi connectivity index (χ4v) is 7.02. The molecule has 2 rings (SSSR count). The van der Waals surface area contributed by atoms with Crippen LogP contribution in [0.1, 0.15) is 34.1 Å². The molecule has 260 valence electrons. The van der Waals surface area contributed by atoms with E-state index >= 15 is 0 Å². The van der Waals surface area contributed by atoms with Gasteiger partial charge in [-0.2, -0.15) is 0 Å². The molecule has 0 aromatic carbocycles. The third-order valence-corrected chi connectivity index (χ3v) is 10.5. The summed E-state index contributed by atoms with van der Waals surface area (Å²) in [7, 11) is -1.77. The second kappa shape index (κ2) is 20.5. The second-order valence-electron chi connectivity index (χ2n) is 11.1. The Morgan fingerprint density at radius 1 is 1.00 bits per heavy atom. The first kappa shape index (κ1) is 43.9. The first-order valence-electron chi connectivity index (χ1n) is 14.0. The number of phosphoric acid groups is 1. The molecule has 12 atom stereocenters. The molecule has 0 spiro atoms. The smallest absolute Gasteiger partial charge is 0.861 e. The summed E-state index contributed by atoms with van der Waals surface area (Å²) in [5.74, 6) is -0.276. The zero-order valence-corrected chi connectivity index (χ0v) is 30.5. The average molecular weight is 721 g/mol. The molecule has 0 aromatic rings. The van der Waals surface area contributed by atoms with E-state index in [1.807, 2.05) is 20.8 Å². The fraction of sp³-hybridized carbons (Fsp3) is 0.958. The Morgan fingerprint density at radius 2 is 1.62 bits per heavy atom. The number of nitrogens with two attached hydrogens (primary N) is 1. The third kappa shape index (κ3) is 14.3. The predicted octanol–water partition coefficient (Wildman–Crippen LogP) is -5.55. The van der Waals surface area contributed by atoms with Crippen LogP contribution in [-0.2, 0) is 32.6 Å². The Morgan fingerprint density at radius 3 is 2.22 bits per heavy atom. The van der Waals surface area contributed by atoms with Crippen LogP contribution in [0.2, 0.25) is 0 Å². The number of aliphatic hydroxyl groups is 6. The van der Waals surface area contributed by atoms with Crippen LogP contribution in [0.3, 0.4) is 0 Å². The number of hydrogen-bond acceptors (Lipinski definition) is 18. The van der Waals surface area contributed by atoms with Gasteiger partial charge >= 0.3 is 37.4 Å². The summed E-state index contributed by atoms with van der Waals surface area (Å²) in [6, 6.07) is -0.858. The van der Waals surface area contributed by atoms with E-state index in [9.17, 15) is 45.2 Å². The van der Waals surface area contributed by atoms with Gasteiger partial charge in [-0.1, -0.05) is 49.3 Å². The number of ether oxygens (including phenoxy) is 4.